The maximum atomic E-state index is 12.5. The number of ether oxygens (including phenoxy) is 2. The van der Waals surface area contributed by atoms with Crippen LogP contribution in [0, 0.1) is 0 Å². The maximum absolute atomic E-state index is 12.5. The van der Waals surface area contributed by atoms with Gasteiger partial charge in [0.05, 0.1) is 34.6 Å². The van der Waals surface area contributed by atoms with Crippen LogP contribution in [-0.4, -0.2) is 102 Å². The minimum atomic E-state index is -5.45. The highest BCUT2D eigenvalue weighted by atomic mass is 19.4. The van der Waals surface area contributed by atoms with Crippen molar-refractivity contribution in [3.05, 3.63) is 0 Å². The van der Waals surface area contributed by atoms with Crippen LogP contribution in [0.3, 0.4) is 0 Å². The van der Waals surface area contributed by atoms with Gasteiger partial charge in [-0.25, -0.2) is 9.59 Å². The van der Waals surface area contributed by atoms with Crippen LogP contribution in [0.5, 0.6) is 0 Å². The number of fused-ring (bicyclic) bond motifs is 2. The minimum Gasteiger partial charge on any atom is -0.453 e. The Morgan fingerprint density at radius 3 is 1.15 bits per heavy atom. The van der Waals surface area contributed by atoms with Crippen molar-refractivity contribution in [1.82, 2.24) is 0 Å². The molecule has 0 amide bonds. The summed E-state index contributed by atoms with van der Waals surface area (Å²) in [5.41, 5.74) is -10.2. The lowest BCUT2D eigenvalue weighted by Gasteiger charge is -2.64. The van der Waals surface area contributed by atoms with E-state index in [0.29, 0.717) is 0 Å². The molecule has 3 saturated carbocycles. The third kappa shape index (κ3) is 4.46. The summed E-state index contributed by atoms with van der Waals surface area (Å²) in [4.78, 5) is 22.3. The van der Waals surface area contributed by atoms with Gasteiger partial charge in [0.1, 0.15) is 12.2 Å². The highest BCUT2D eigenvalue weighted by Gasteiger charge is 2.72. The van der Waals surface area contributed by atoms with Crippen molar-refractivity contribution in [3.8, 4) is 0 Å². The second kappa shape index (κ2) is 7.89. The van der Waals surface area contributed by atoms with Crippen LogP contribution in [0.1, 0.15) is 38.5 Å². The molecular formula is C18H22F6O10. The van der Waals surface area contributed by atoms with Gasteiger partial charge in [0.25, 0.3) is 0 Å². The molecule has 16 heteroatoms. The monoisotopic (exact) mass is 512 g/mol. The van der Waals surface area contributed by atoms with E-state index >= 15 is 0 Å². The number of aliphatic hydroxyl groups excluding tert-OH is 2. The summed E-state index contributed by atoms with van der Waals surface area (Å²) < 4.78 is 83.7. The molecule has 34 heavy (non-hydrogen) atoms. The smallest absolute Gasteiger partial charge is 0.453 e. The molecule has 0 aromatic heterocycles. The molecule has 3 aliphatic rings. The molecule has 8 atom stereocenters. The van der Waals surface area contributed by atoms with Crippen LogP contribution in [0.15, 0.2) is 0 Å². The molecule has 3 aliphatic carbocycles. The number of hydrogen-bond acceptors (Lipinski definition) is 10. The van der Waals surface area contributed by atoms with E-state index in [1.165, 1.54) is 0 Å². The van der Waals surface area contributed by atoms with Crippen molar-refractivity contribution in [2.45, 2.75) is 97.7 Å². The number of carbonyl (C=O) groups is 2. The van der Waals surface area contributed by atoms with E-state index in [2.05, 4.69) is 9.47 Å². The topological polar surface area (TPSA) is 174 Å². The molecule has 8 unspecified atom stereocenters. The van der Waals surface area contributed by atoms with E-state index in [4.69, 9.17) is 0 Å². The van der Waals surface area contributed by atoms with Crippen LogP contribution < -0.4 is 0 Å². The lowest BCUT2D eigenvalue weighted by atomic mass is 9.50. The Morgan fingerprint density at radius 2 is 0.882 bits per heavy atom. The summed E-state index contributed by atoms with van der Waals surface area (Å²) in [5.74, 6) is -5.40. The van der Waals surface area contributed by atoms with Gasteiger partial charge in [-0.15, -0.1) is 0 Å². The van der Waals surface area contributed by atoms with Gasteiger partial charge in [-0.1, -0.05) is 0 Å². The fourth-order valence-corrected chi connectivity index (χ4v) is 5.22. The highest BCUT2D eigenvalue weighted by molar-refractivity contribution is 5.76. The zero-order valence-electron chi connectivity index (χ0n) is 17.1. The average Bonchev–Trinajstić information content (AvgIpc) is 2.61. The van der Waals surface area contributed by atoms with Crippen LogP contribution in [0.25, 0.3) is 0 Å². The van der Waals surface area contributed by atoms with E-state index < -0.39 is 110 Å². The highest BCUT2D eigenvalue weighted by Crippen LogP contribution is 2.58. The first-order valence-electron chi connectivity index (χ1n) is 9.96. The average molecular weight is 512 g/mol. The number of halogens is 6. The summed E-state index contributed by atoms with van der Waals surface area (Å²) in [7, 11) is 0. The molecule has 0 saturated heterocycles. The van der Waals surface area contributed by atoms with Crippen LogP contribution in [0.4, 0.5) is 26.3 Å². The Bertz CT molecular complexity index is 784. The summed E-state index contributed by atoms with van der Waals surface area (Å²) in [6.07, 6.45) is -24.7. The van der Waals surface area contributed by atoms with Crippen molar-refractivity contribution >= 4 is 11.9 Å². The Hall–Kier alpha value is -1.72. The Kier molecular flexibility index (Phi) is 6.24. The molecular weight excluding hydrogens is 490 g/mol. The Balaban J connectivity index is 1.88. The normalized spacial score (nSPS) is 45.1. The molecule has 0 aromatic rings. The van der Waals surface area contributed by atoms with E-state index in [9.17, 15) is 66.6 Å². The van der Waals surface area contributed by atoms with Gasteiger partial charge in [0, 0.05) is 38.5 Å². The number of carbonyl (C=O) groups excluding carboxylic acids is 2. The molecule has 3 rings (SSSR count). The Labute approximate surface area is 186 Å². The molecule has 0 radical (unpaired) electrons. The molecule has 10 nitrogen and oxygen atoms in total. The number of hydrogen-bond donors (Lipinski definition) is 6. The van der Waals surface area contributed by atoms with Crippen molar-refractivity contribution in [2.75, 3.05) is 0 Å². The standard InChI is InChI=1S/C18H22F6O10/c19-17(20,21)11(27)33-9-3-15(31)6-16(32)4-10(34-12(28)18(22,23)24)8(26)2-14(16,30)5-13(15,29)1-7(9)25/h7-10,25-26,29-32H,1-6H2. The second-order valence-corrected chi connectivity index (χ2v) is 9.31. The quantitative estimate of drug-likeness (QED) is 0.198. The number of rotatable bonds is 2. The zero-order chi connectivity index (χ0) is 26.1. The molecule has 0 aliphatic heterocycles. The number of aliphatic hydroxyl groups is 6. The van der Waals surface area contributed by atoms with Gasteiger partial charge in [0.2, 0.25) is 0 Å². The third-order valence-electron chi connectivity index (χ3n) is 6.91. The van der Waals surface area contributed by atoms with Gasteiger partial charge in [-0.05, 0) is 0 Å². The summed E-state index contributed by atoms with van der Waals surface area (Å²) in [6.45, 7) is 0. The van der Waals surface area contributed by atoms with Gasteiger partial charge < -0.3 is 40.1 Å². The van der Waals surface area contributed by atoms with Crippen LogP contribution in [-0.2, 0) is 19.1 Å². The first-order chi connectivity index (χ1) is 15.1. The maximum Gasteiger partial charge on any atom is 0.490 e. The number of esters is 2. The lowest BCUT2D eigenvalue weighted by Crippen LogP contribution is -2.78. The van der Waals surface area contributed by atoms with Crippen LogP contribution in [0.2, 0.25) is 0 Å². The summed E-state index contributed by atoms with van der Waals surface area (Å²) in [5, 5.41) is 64.4. The molecule has 0 spiro atoms. The van der Waals surface area contributed by atoms with E-state index in [1.807, 2.05) is 0 Å². The molecule has 6 N–H and O–H groups in total. The van der Waals surface area contributed by atoms with Gasteiger partial charge in [-0.2, -0.15) is 26.3 Å². The molecule has 3 fully saturated rings. The molecule has 196 valence electrons. The molecule has 0 heterocycles. The molecule has 0 bridgehead atoms. The van der Waals surface area contributed by atoms with E-state index in [-0.39, 0.29) is 0 Å². The lowest BCUT2D eigenvalue weighted by molar-refractivity contribution is -0.336. The fourth-order valence-electron chi connectivity index (χ4n) is 5.22. The first-order valence-corrected chi connectivity index (χ1v) is 9.96. The Morgan fingerprint density at radius 1 is 0.618 bits per heavy atom. The van der Waals surface area contributed by atoms with Crippen molar-refractivity contribution < 1.29 is 76.0 Å². The predicted octanol–water partition coefficient (Wildman–Crippen LogP) is -1.04. The second-order valence-electron chi connectivity index (χ2n) is 9.31. The van der Waals surface area contributed by atoms with Crippen molar-refractivity contribution in [3.63, 3.8) is 0 Å². The number of alkyl halides is 6. The van der Waals surface area contributed by atoms with Gasteiger partial charge in [0.15, 0.2) is 0 Å². The minimum absolute atomic E-state index is 0.916. The van der Waals surface area contributed by atoms with Crippen molar-refractivity contribution in [2.24, 2.45) is 0 Å². The van der Waals surface area contributed by atoms with Gasteiger partial charge >= 0.3 is 24.3 Å². The third-order valence-corrected chi connectivity index (χ3v) is 6.91. The molecule has 0 aromatic carbocycles. The summed E-state index contributed by atoms with van der Waals surface area (Å²) in [6, 6.07) is 0. The van der Waals surface area contributed by atoms with Crippen LogP contribution >= 0.6 is 0 Å². The predicted molar refractivity (Wildman–Crippen MR) is 91.4 cm³/mol. The SMILES string of the molecule is O=C(OC1CC2(O)CC3(O)CC(OC(=O)C(F)(F)F)C(O)CC3(O)CC2(O)CC1O)C(F)(F)F. The van der Waals surface area contributed by atoms with E-state index in [1.54, 1.807) is 0 Å². The first kappa shape index (κ1) is 26.9. The fraction of sp³-hybridized carbons (Fsp3) is 0.889. The zero-order valence-corrected chi connectivity index (χ0v) is 17.1. The van der Waals surface area contributed by atoms with E-state index in [0.717, 1.165) is 0 Å². The van der Waals surface area contributed by atoms with Gasteiger partial charge in [-0.3, -0.25) is 0 Å². The summed E-state index contributed by atoms with van der Waals surface area (Å²) >= 11 is 0. The van der Waals surface area contributed by atoms with Crippen molar-refractivity contribution in [1.29, 1.82) is 0 Å². The largest absolute Gasteiger partial charge is 0.490 e.